The zero-order valence-electron chi connectivity index (χ0n) is 11.6. The van der Waals surface area contributed by atoms with Crippen molar-refractivity contribution in [3.63, 3.8) is 0 Å². The molecule has 0 spiro atoms. The van der Waals surface area contributed by atoms with Crippen LogP contribution < -0.4 is 0 Å². The van der Waals surface area contributed by atoms with Gasteiger partial charge in [0.2, 0.25) is 0 Å². The molecule has 0 amide bonds. The third-order valence-corrected chi connectivity index (χ3v) is 2.84. The Morgan fingerprint density at radius 3 is 2.28 bits per heavy atom. The molecular weight excluding hydrogens is 232 g/mol. The largest absolute Gasteiger partial charge is 0.481 e. The predicted octanol–water partition coefficient (Wildman–Crippen LogP) is 3.53. The molecule has 1 unspecified atom stereocenters. The highest BCUT2D eigenvalue weighted by molar-refractivity contribution is 5.76. The van der Waals surface area contributed by atoms with E-state index in [0.29, 0.717) is 0 Å². The Balaban J connectivity index is 3.43. The molecule has 0 saturated carbocycles. The van der Waals surface area contributed by atoms with Gasteiger partial charge in [0, 0.05) is 0 Å². The fourth-order valence-corrected chi connectivity index (χ4v) is 1.76. The summed E-state index contributed by atoms with van der Waals surface area (Å²) in [4.78, 5) is 21.5. The molecule has 1 N–H and O–H groups in total. The molecule has 0 aliphatic rings. The lowest BCUT2D eigenvalue weighted by Gasteiger charge is -2.12. The molecule has 0 aliphatic heterocycles. The van der Waals surface area contributed by atoms with Gasteiger partial charge in [-0.3, -0.25) is 9.59 Å². The van der Waals surface area contributed by atoms with Crippen molar-refractivity contribution in [2.24, 2.45) is 0 Å². The molecule has 0 aromatic heterocycles. The molecule has 4 nitrogen and oxygen atoms in total. The minimum atomic E-state index is -0.962. The van der Waals surface area contributed by atoms with E-state index < -0.39 is 11.9 Å². The Morgan fingerprint density at radius 1 is 1.06 bits per heavy atom. The van der Waals surface area contributed by atoms with Crippen LogP contribution in [-0.2, 0) is 14.3 Å². The van der Waals surface area contributed by atoms with Crippen LogP contribution in [-0.4, -0.2) is 23.1 Å². The van der Waals surface area contributed by atoms with Crippen molar-refractivity contribution in [2.75, 3.05) is 0 Å². The SMILES string of the molecule is CCCCCCCCC(C)OC(=O)CCC(=O)O. The van der Waals surface area contributed by atoms with Gasteiger partial charge in [0.05, 0.1) is 18.9 Å². The van der Waals surface area contributed by atoms with Crippen molar-refractivity contribution in [1.29, 1.82) is 0 Å². The lowest BCUT2D eigenvalue weighted by molar-refractivity contribution is -0.151. The second-order valence-corrected chi connectivity index (χ2v) is 4.75. The normalized spacial score (nSPS) is 12.1. The summed E-state index contributed by atoms with van der Waals surface area (Å²) in [5.74, 6) is -1.37. The van der Waals surface area contributed by atoms with Gasteiger partial charge in [-0.05, 0) is 19.8 Å². The zero-order chi connectivity index (χ0) is 13.8. The number of hydrogen-bond acceptors (Lipinski definition) is 3. The number of rotatable bonds is 11. The molecule has 4 heteroatoms. The van der Waals surface area contributed by atoms with Gasteiger partial charge in [-0.1, -0.05) is 39.0 Å². The maximum absolute atomic E-state index is 11.2. The van der Waals surface area contributed by atoms with Crippen LogP contribution in [0.3, 0.4) is 0 Å². The van der Waals surface area contributed by atoms with Gasteiger partial charge in [-0.2, -0.15) is 0 Å². The minimum absolute atomic E-state index is 0.0316. The molecule has 0 aliphatic carbocycles. The molecular formula is C14H26O4. The van der Waals surface area contributed by atoms with Gasteiger partial charge in [0.1, 0.15) is 0 Å². The maximum atomic E-state index is 11.2. The lowest BCUT2D eigenvalue weighted by Crippen LogP contribution is -2.15. The third-order valence-electron chi connectivity index (χ3n) is 2.84. The smallest absolute Gasteiger partial charge is 0.306 e. The number of carbonyl (C=O) groups is 2. The third kappa shape index (κ3) is 11.4. The van der Waals surface area contributed by atoms with Crippen LogP contribution in [0.1, 0.15) is 71.6 Å². The Kier molecular flexibility index (Phi) is 10.4. The highest BCUT2D eigenvalue weighted by atomic mass is 16.5. The first-order valence-electron chi connectivity index (χ1n) is 6.97. The molecule has 0 aromatic carbocycles. The molecule has 0 fully saturated rings. The number of carboxylic acid groups (broad SMARTS) is 1. The molecule has 0 aromatic rings. The topological polar surface area (TPSA) is 63.6 Å². The number of carboxylic acids is 1. The van der Waals surface area contributed by atoms with Crippen molar-refractivity contribution in [1.82, 2.24) is 0 Å². The Labute approximate surface area is 110 Å². The van der Waals surface area contributed by atoms with E-state index in [1.165, 1.54) is 32.1 Å². The second-order valence-electron chi connectivity index (χ2n) is 4.75. The average Bonchev–Trinajstić information content (AvgIpc) is 2.31. The van der Waals surface area contributed by atoms with E-state index in [9.17, 15) is 9.59 Å². The molecule has 0 heterocycles. The minimum Gasteiger partial charge on any atom is -0.481 e. The summed E-state index contributed by atoms with van der Waals surface area (Å²) in [6, 6.07) is 0. The molecule has 0 rings (SSSR count). The fraction of sp³-hybridized carbons (Fsp3) is 0.857. The number of aliphatic carboxylic acids is 1. The van der Waals surface area contributed by atoms with Crippen LogP contribution in [0.25, 0.3) is 0 Å². The first-order valence-corrected chi connectivity index (χ1v) is 6.97. The lowest BCUT2D eigenvalue weighted by atomic mass is 10.1. The summed E-state index contributed by atoms with van der Waals surface area (Å²) >= 11 is 0. The second kappa shape index (κ2) is 11.1. The number of hydrogen-bond donors (Lipinski definition) is 1. The summed E-state index contributed by atoms with van der Waals surface area (Å²) in [5, 5.41) is 8.43. The highest BCUT2D eigenvalue weighted by Crippen LogP contribution is 2.10. The summed E-state index contributed by atoms with van der Waals surface area (Å²) in [5.41, 5.74) is 0. The summed E-state index contributed by atoms with van der Waals surface area (Å²) in [6.07, 6.45) is 7.89. The number of unbranched alkanes of at least 4 members (excludes halogenated alkanes) is 5. The van der Waals surface area contributed by atoms with Crippen LogP contribution in [0.5, 0.6) is 0 Å². The van der Waals surface area contributed by atoms with Gasteiger partial charge in [-0.25, -0.2) is 0 Å². The van der Waals surface area contributed by atoms with E-state index in [-0.39, 0.29) is 18.9 Å². The van der Waals surface area contributed by atoms with Crippen LogP contribution in [0, 0.1) is 0 Å². The maximum Gasteiger partial charge on any atom is 0.306 e. The molecule has 18 heavy (non-hydrogen) atoms. The monoisotopic (exact) mass is 258 g/mol. The summed E-state index contributed by atoms with van der Waals surface area (Å²) in [7, 11) is 0. The van der Waals surface area contributed by atoms with Crippen molar-refractivity contribution < 1.29 is 19.4 Å². The molecule has 106 valence electrons. The van der Waals surface area contributed by atoms with Crippen LogP contribution in [0.2, 0.25) is 0 Å². The summed E-state index contributed by atoms with van der Waals surface area (Å²) in [6.45, 7) is 4.06. The molecule has 1 atom stereocenters. The standard InChI is InChI=1S/C14H26O4/c1-3-4-5-6-7-8-9-12(2)18-14(17)11-10-13(15)16/h12H,3-11H2,1-2H3,(H,15,16). The zero-order valence-corrected chi connectivity index (χ0v) is 11.6. The summed E-state index contributed by atoms with van der Waals surface area (Å²) < 4.78 is 5.13. The van der Waals surface area contributed by atoms with E-state index in [1.807, 2.05) is 6.92 Å². The van der Waals surface area contributed by atoms with Crippen molar-refractivity contribution >= 4 is 11.9 Å². The number of ether oxygens (including phenoxy) is 1. The number of esters is 1. The van der Waals surface area contributed by atoms with Crippen LogP contribution >= 0.6 is 0 Å². The van der Waals surface area contributed by atoms with Crippen molar-refractivity contribution in [2.45, 2.75) is 77.7 Å². The fourth-order valence-electron chi connectivity index (χ4n) is 1.76. The Hall–Kier alpha value is -1.06. The van der Waals surface area contributed by atoms with Gasteiger partial charge < -0.3 is 9.84 Å². The highest BCUT2D eigenvalue weighted by Gasteiger charge is 2.10. The average molecular weight is 258 g/mol. The van der Waals surface area contributed by atoms with E-state index in [4.69, 9.17) is 9.84 Å². The first-order chi connectivity index (χ1) is 8.56. The molecule has 0 radical (unpaired) electrons. The van der Waals surface area contributed by atoms with E-state index in [1.54, 1.807) is 0 Å². The van der Waals surface area contributed by atoms with Gasteiger partial charge in [0.15, 0.2) is 0 Å². The first kappa shape index (κ1) is 16.9. The van der Waals surface area contributed by atoms with Crippen molar-refractivity contribution in [3.8, 4) is 0 Å². The molecule has 0 saturated heterocycles. The van der Waals surface area contributed by atoms with Gasteiger partial charge >= 0.3 is 11.9 Å². The Morgan fingerprint density at radius 2 is 1.67 bits per heavy atom. The van der Waals surface area contributed by atoms with E-state index >= 15 is 0 Å². The molecule has 0 bridgehead atoms. The van der Waals surface area contributed by atoms with E-state index in [0.717, 1.165) is 12.8 Å². The van der Waals surface area contributed by atoms with E-state index in [2.05, 4.69) is 6.92 Å². The van der Waals surface area contributed by atoms with Gasteiger partial charge in [0.25, 0.3) is 0 Å². The number of carbonyl (C=O) groups excluding carboxylic acids is 1. The van der Waals surface area contributed by atoms with Crippen LogP contribution in [0.4, 0.5) is 0 Å². The van der Waals surface area contributed by atoms with Gasteiger partial charge in [-0.15, -0.1) is 0 Å². The Bertz CT molecular complexity index is 238. The predicted molar refractivity (Wildman–Crippen MR) is 70.4 cm³/mol. The quantitative estimate of drug-likeness (QED) is 0.455. The van der Waals surface area contributed by atoms with Crippen LogP contribution in [0.15, 0.2) is 0 Å². The van der Waals surface area contributed by atoms with Crippen molar-refractivity contribution in [3.05, 3.63) is 0 Å².